The van der Waals surface area contributed by atoms with E-state index in [0.717, 1.165) is 49.0 Å². The van der Waals surface area contributed by atoms with E-state index in [-0.39, 0.29) is 24.7 Å². The summed E-state index contributed by atoms with van der Waals surface area (Å²) in [6, 6.07) is 15.0. The fraction of sp³-hybridized carbons (Fsp3) is 0.273. The smallest absolute Gasteiger partial charge is 0.224 e. The van der Waals surface area contributed by atoms with Crippen molar-refractivity contribution in [1.29, 1.82) is 0 Å². The van der Waals surface area contributed by atoms with Gasteiger partial charge in [-0.05, 0) is 48.5 Å². The molecule has 0 spiro atoms. The molecular formula is C22H24N6O2. The first-order valence-electron chi connectivity index (χ1n) is 10.0. The van der Waals surface area contributed by atoms with Gasteiger partial charge in [-0.1, -0.05) is 0 Å². The highest BCUT2D eigenvalue weighted by molar-refractivity contribution is 6.01. The first kappa shape index (κ1) is 19.6. The van der Waals surface area contributed by atoms with Gasteiger partial charge >= 0.3 is 0 Å². The number of nitrogens with one attached hydrogen (secondary N) is 4. The minimum Gasteiger partial charge on any atom is -0.368 e. The van der Waals surface area contributed by atoms with E-state index in [1.807, 2.05) is 48.5 Å². The van der Waals surface area contributed by atoms with Crippen LogP contribution < -0.4 is 21.3 Å². The van der Waals surface area contributed by atoms with Crippen LogP contribution in [0.25, 0.3) is 0 Å². The third kappa shape index (κ3) is 5.02. The van der Waals surface area contributed by atoms with Crippen LogP contribution in [0.2, 0.25) is 0 Å². The summed E-state index contributed by atoms with van der Waals surface area (Å²) < 4.78 is 0. The van der Waals surface area contributed by atoms with Gasteiger partial charge in [0, 0.05) is 48.4 Å². The lowest BCUT2D eigenvalue weighted by Crippen LogP contribution is -2.20. The highest BCUT2D eigenvalue weighted by Crippen LogP contribution is 2.13. The Balaban J connectivity index is 1.22. The summed E-state index contributed by atoms with van der Waals surface area (Å²) in [5.74, 6) is 1.36. The van der Waals surface area contributed by atoms with Gasteiger partial charge in [-0.2, -0.15) is 0 Å². The number of hydrogen-bond donors (Lipinski definition) is 4. The van der Waals surface area contributed by atoms with Gasteiger partial charge in [-0.25, -0.2) is 0 Å². The van der Waals surface area contributed by atoms with Crippen molar-refractivity contribution in [1.82, 2.24) is 10.6 Å². The SMILES string of the molecule is O=C(CCC(=O)Nc1ccc(C2=NCCN2)cc1)Nc1ccc(C2=NCCN2)cc1. The molecule has 4 rings (SSSR count). The zero-order chi connectivity index (χ0) is 20.8. The molecule has 8 nitrogen and oxygen atoms in total. The molecule has 0 bridgehead atoms. The molecular weight excluding hydrogens is 380 g/mol. The predicted octanol–water partition coefficient (Wildman–Crippen LogP) is 1.74. The number of hydrogen-bond acceptors (Lipinski definition) is 6. The monoisotopic (exact) mass is 404 g/mol. The van der Waals surface area contributed by atoms with Gasteiger partial charge in [-0.15, -0.1) is 0 Å². The number of rotatable bonds is 7. The van der Waals surface area contributed by atoms with Crippen molar-refractivity contribution in [3.63, 3.8) is 0 Å². The van der Waals surface area contributed by atoms with Gasteiger partial charge < -0.3 is 21.3 Å². The highest BCUT2D eigenvalue weighted by Gasteiger charge is 2.11. The number of benzene rings is 2. The minimum absolute atomic E-state index is 0.112. The van der Waals surface area contributed by atoms with Gasteiger partial charge in [0.1, 0.15) is 11.7 Å². The largest absolute Gasteiger partial charge is 0.368 e. The van der Waals surface area contributed by atoms with Crippen LogP contribution in [0.1, 0.15) is 24.0 Å². The van der Waals surface area contributed by atoms with Crippen LogP contribution in [0.4, 0.5) is 11.4 Å². The van der Waals surface area contributed by atoms with E-state index in [9.17, 15) is 9.59 Å². The zero-order valence-corrected chi connectivity index (χ0v) is 16.6. The van der Waals surface area contributed by atoms with Crippen molar-refractivity contribution < 1.29 is 9.59 Å². The van der Waals surface area contributed by atoms with Crippen LogP contribution in [0.15, 0.2) is 58.5 Å². The number of nitrogens with zero attached hydrogens (tertiary/aromatic N) is 2. The molecule has 0 unspecified atom stereocenters. The van der Waals surface area contributed by atoms with Crippen molar-refractivity contribution in [2.24, 2.45) is 9.98 Å². The average Bonchev–Trinajstić information content (AvgIpc) is 3.48. The molecule has 154 valence electrons. The summed E-state index contributed by atoms with van der Waals surface area (Å²) in [7, 11) is 0. The molecule has 0 fully saturated rings. The highest BCUT2D eigenvalue weighted by atomic mass is 16.2. The second-order valence-electron chi connectivity index (χ2n) is 7.07. The lowest BCUT2D eigenvalue weighted by molar-refractivity contribution is -0.121. The second kappa shape index (κ2) is 9.21. The third-order valence-corrected chi connectivity index (χ3v) is 4.81. The second-order valence-corrected chi connectivity index (χ2v) is 7.07. The summed E-state index contributed by atoms with van der Waals surface area (Å²) >= 11 is 0. The number of anilines is 2. The topological polar surface area (TPSA) is 107 Å². The van der Waals surface area contributed by atoms with E-state index in [2.05, 4.69) is 31.3 Å². The molecule has 0 saturated carbocycles. The molecule has 4 N–H and O–H groups in total. The molecule has 2 aliphatic heterocycles. The summed E-state index contributed by atoms with van der Waals surface area (Å²) in [5.41, 5.74) is 3.38. The quantitative estimate of drug-likeness (QED) is 0.564. The molecule has 0 radical (unpaired) electrons. The molecule has 0 saturated heterocycles. The zero-order valence-electron chi connectivity index (χ0n) is 16.6. The Hall–Kier alpha value is -3.68. The maximum Gasteiger partial charge on any atom is 0.224 e. The lowest BCUT2D eigenvalue weighted by atomic mass is 10.1. The molecule has 2 aromatic rings. The maximum atomic E-state index is 12.2. The van der Waals surface area contributed by atoms with E-state index in [0.29, 0.717) is 11.4 Å². The Bertz CT molecular complexity index is 898. The van der Waals surface area contributed by atoms with E-state index in [1.165, 1.54) is 0 Å². The molecule has 0 aromatic heterocycles. The van der Waals surface area contributed by atoms with Gasteiger partial charge in [-0.3, -0.25) is 19.6 Å². The first-order valence-corrected chi connectivity index (χ1v) is 10.0. The molecule has 8 heteroatoms. The van der Waals surface area contributed by atoms with Gasteiger partial charge in [0.05, 0.1) is 13.1 Å². The van der Waals surface area contributed by atoms with E-state index >= 15 is 0 Å². The fourth-order valence-corrected chi connectivity index (χ4v) is 3.28. The van der Waals surface area contributed by atoms with E-state index in [4.69, 9.17) is 0 Å². The average molecular weight is 404 g/mol. The number of amides is 2. The Morgan fingerprint density at radius 2 is 1.10 bits per heavy atom. The standard InChI is InChI=1S/C22H24N6O2/c29-19(27-17-5-1-15(2-6-17)21-23-11-12-24-21)9-10-20(30)28-18-7-3-16(4-8-18)22-25-13-14-26-22/h1-8H,9-14H2,(H,23,24)(H,25,26)(H,27,29)(H,28,30). The van der Waals surface area contributed by atoms with Crippen LogP contribution in [-0.2, 0) is 9.59 Å². The van der Waals surface area contributed by atoms with Crippen LogP contribution in [0.5, 0.6) is 0 Å². The van der Waals surface area contributed by atoms with Crippen molar-refractivity contribution >= 4 is 34.9 Å². The Labute approximate surface area is 174 Å². The Kier molecular flexibility index (Phi) is 6.03. The van der Waals surface area contributed by atoms with Crippen molar-refractivity contribution in [2.45, 2.75) is 12.8 Å². The summed E-state index contributed by atoms with van der Waals surface area (Å²) in [4.78, 5) is 33.0. The predicted molar refractivity (Wildman–Crippen MR) is 118 cm³/mol. The molecule has 30 heavy (non-hydrogen) atoms. The normalized spacial score (nSPS) is 14.9. The first-order chi connectivity index (χ1) is 14.7. The van der Waals surface area contributed by atoms with Gasteiger partial charge in [0.25, 0.3) is 0 Å². The molecule has 2 aromatic carbocycles. The van der Waals surface area contributed by atoms with Crippen LogP contribution >= 0.6 is 0 Å². The van der Waals surface area contributed by atoms with Crippen LogP contribution in [0.3, 0.4) is 0 Å². The number of carbonyl (C=O) groups excluding carboxylic acids is 2. The van der Waals surface area contributed by atoms with Crippen molar-refractivity contribution in [2.75, 3.05) is 36.8 Å². The Morgan fingerprint density at radius 1 is 0.700 bits per heavy atom. The molecule has 0 atom stereocenters. The molecule has 2 amide bonds. The summed E-state index contributed by atoms with van der Waals surface area (Å²) in [6.07, 6.45) is 0.224. The number of carbonyl (C=O) groups is 2. The van der Waals surface area contributed by atoms with Crippen LogP contribution in [0, 0.1) is 0 Å². The molecule has 2 heterocycles. The summed E-state index contributed by atoms with van der Waals surface area (Å²) in [5, 5.41) is 12.1. The fourth-order valence-electron chi connectivity index (χ4n) is 3.28. The van der Waals surface area contributed by atoms with E-state index < -0.39 is 0 Å². The Morgan fingerprint density at radius 3 is 1.43 bits per heavy atom. The van der Waals surface area contributed by atoms with Crippen LogP contribution in [-0.4, -0.2) is 49.7 Å². The number of amidine groups is 2. The van der Waals surface area contributed by atoms with Crippen molar-refractivity contribution in [3.8, 4) is 0 Å². The number of aliphatic imine (C=N–C) groups is 2. The van der Waals surface area contributed by atoms with Gasteiger partial charge in [0.15, 0.2) is 0 Å². The summed E-state index contributed by atoms with van der Waals surface area (Å²) in [6.45, 7) is 3.28. The molecule has 2 aliphatic rings. The van der Waals surface area contributed by atoms with E-state index in [1.54, 1.807) is 0 Å². The molecule has 0 aliphatic carbocycles. The van der Waals surface area contributed by atoms with Crippen molar-refractivity contribution in [3.05, 3.63) is 59.7 Å². The van der Waals surface area contributed by atoms with Gasteiger partial charge in [0.2, 0.25) is 11.8 Å². The third-order valence-electron chi connectivity index (χ3n) is 4.81. The lowest BCUT2D eigenvalue weighted by Gasteiger charge is -2.08. The minimum atomic E-state index is -0.199. The maximum absolute atomic E-state index is 12.2.